The molecule has 2 rings (SSSR count). The monoisotopic (exact) mass is 273 g/mol. The van der Waals surface area contributed by atoms with Crippen molar-refractivity contribution in [3.8, 4) is 0 Å². The summed E-state index contributed by atoms with van der Waals surface area (Å²) in [5, 5.41) is 4.36. The fourth-order valence-electron chi connectivity index (χ4n) is 2.25. The molecule has 1 unspecified atom stereocenters. The third kappa shape index (κ3) is 3.82. The third-order valence-corrected chi connectivity index (χ3v) is 3.82. The van der Waals surface area contributed by atoms with Gasteiger partial charge in [0.1, 0.15) is 0 Å². The van der Waals surface area contributed by atoms with Crippen molar-refractivity contribution >= 4 is 11.6 Å². The molecule has 0 spiro atoms. The number of nitrogens with one attached hydrogen (secondary N) is 1. The van der Waals surface area contributed by atoms with Crippen LogP contribution in [0.4, 0.5) is 0 Å². The highest BCUT2D eigenvalue weighted by atomic mass is 35.5. The highest BCUT2D eigenvalue weighted by Gasteiger charge is 2.08. The van der Waals surface area contributed by atoms with E-state index in [1.807, 2.05) is 18.2 Å². The molecule has 2 aromatic rings. The molecule has 0 amide bonds. The molecule has 0 heterocycles. The molecule has 0 aromatic heterocycles. The predicted octanol–water partition coefficient (Wildman–Crippen LogP) is 4.54. The Morgan fingerprint density at radius 2 is 1.74 bits per heavy atom. The zero-order chi connectivity index (χ0) is 13.7. The Morgan fingerprint density at radius 3 is 2.47 bits per heavy atom. The Bertz CT molecular complexity index is 536. The van der Waals surface area contributed by atoms with Crippen LogP contribution in [0.3, 0.4) is 0 Å². The maximum atomic E-state index is 6.20. The zero-order valence-electron chi connectivity index (χ0n) is 11.5. The van der Waals surface area contributed by atoms with Crippen molar-refractivity contribution in [1.82, 2.24) is 5.32 Å². The van der Waals surface area contributed by atoms with Crippen LogP contribution in [0.15, 0.2) is 48.5 Å². The van der Waals surface area contributed by atoms with Gasteiger partial charge >= 0.3 is 0 Å². The summed E-state index contributed by atoms with van der Waals surface area (Å²) in [6.07, 6.45) is 1.04. The summed E-state index contributed by atoms with van der Waals surface area (Å²) < 4.78 is 0. The zero-order valence-corrected chi connectivity index (χ0v) is 12.2. The minimum atomic E-state index is 0.276. The van der Waals surface area contributed by atoms with Gasteiger partial charge in [-0.1, -0.05) is 54.1 Å². The molecular formula is C17H20ClN. The van der Waals surface area contributed by atoms with E-state index in [1.165, 1.54) is 11.1 Å². The van der Waals surface area contributed by atoms with E-state index in [2.05, 4.69) is 49.5 Å². The number of aryl methyl sites for hydroxylation is 1. The van der Waals surface area contributed by atoms with E-state index >= 15 is 0 Å². The van der Waals surface area contributed by atoms with Crippen molar-refractivity contribution in [1.29, 1.82) is 0 Å². The Kier molecular flexibility index (Phi) is 5.00. The van der Waals surface area contributed by atoms with Gasteiger partial charge in [0.25, 0.3) is 0 Å². The summed E-state index contributed by atoms with van der Waals surface area (Å²) in [7, 11) is 0. The van der Waals surface area contributed by atoms with Gasteiger partial charge in [-0.2, -0.15) is 0 Å². The first-order valence-corrected chi connectivity index (χ1v) is 7.08. The van der Waals surface area contributed by atoms with E-state index in [-0.39, 0.29) is 6.04 Å². The molecule has 0 saturated heterocycles. The highest BCUT2D eigenvalue weighted by molar-refractivity contribution is 6.31. The molecule has 0 radical (unpaired) electrons. The van der Waals surface area contributed by atoms with Crippen molar-refractivity contribution in [3.05, 3.63) is 70.2 Å². The van der Waals surface area contributed by atoms with E-state index in [0.29, 0.717) is 0 Å². The number of hydrogen-bond donors (Lipinski definition) is 1. The second-order valence-corrected chi connectivity index (χ2v) is 5.28. The summed E-state index contributed by atoms with van der Waals surface area (Å²) in [6, 6.07) is 16.8. The number of benzene rings is 2. The largest absolute Gasteiger partial charge is 0.310 e. The van der Waals surface area contributed by atoms with Gasteiger partial charge in [-0.15, -0.1) is 0 Å². The quantitative estimate of drug-likeness (QED) is 0.843. The average Bonchev–Trinajstić information content (AvgIpc) is 2.41. The van der Waals surface area contributed by atoms with Gasteiger partial charge in [0, 0.05) is 11.1 Å². The van der Waals surface area contributed by atoms with E-state index in [4.69, 9.17) is 11.6 Å². The fraction of sp³-hybridized carbons (Fsp3) is 0.294. The van der Waals surface area contributed by atoms with Crippen molar-refractivity contribution in [2.45, 2.75) is 26.3 Å². The molecule has 0 aliphatic heterocycles. The molecule has 1 atom stereocenters. The first kappa shape index (κ1) is 14.1. The third-order valence-electron chi connectivity index (χ3n) is 3.48. The van der Waals surface area contributed by atoms with E-state index < -0.39 is 0 Å². The molecule has 0 aliphatic rings. The number of halogens is 1. The maximum absolute atomic E-state index is 6.20. The Balaban J connectivity index is 1.90. The van der Waals surface area contributed by atoms with Gasteiger partial charge in [-0.05, 0) is 49.6 Å². The van der Waals surface area contributed by atoms with Crippen LogP contribution in [-0.4, -0.2) is 6.54 Å². The van der Waals surface area contributed by atoms with Crippen LogP contribution in [0.5, 0.6) is 0 Å². The molecular weight excluding hydrogens is 254 g/mol. The summed E-state index contributed by atoms with van der Waals surface area (Å²) >= 11 is 6.20. The number of rotatable bonds is 5. The first-order valence-electron chi connectivity index (χ1n) is 6.71. The van der Waals surface area contributed by atoms with Gasteiger partial charge in [-0.3, -0.25) is 0 Å². The molecule has 0 aliphatic carbocycles. The molecule has 0 saturated carbocycles. The lowest BCUT2D eigenvalue weighted by Gasteiger charge is -2.16. The fourth-order valence-corrected chi connectivity index (χ4v) is 2.55. The lowest BCUT2D eigenvalue weighted by molar-refractivity contribution is 0.576. The normalized spacial score (nSPS) is 12.4. The van der Waals surface area contributed by atoms with Crippen molar-refractivity contribution in [3.63, 3.8) is 0 Å². The Labute approximate surface area is 120 Å². The van der Waals surface area contributed by atoms with Crippen molar-refractivity contribution in [2.24, 2.45) is 0 Å². The molecule has 1 N–H and O–H groups in total. The summed E-state index contributed by atoms with van der Waals surface area (Å²) in [4.78, 5) is 0. The average molecular weight is 274 g/mol. The van der Waals surface area contributed by atoms with Gasteiger partial charge in [-0.25, -0.2) is 0 Å². The topological polar surface area (TPSA) is 12.0 Å². The Morgan fingerprint density at radius 1 is 1.05 bits per heavy atom. The smallest absolute Gasteiger partial charge is 0.0453 e. The van der Waals surface area contributed by atoms with Crippen LogP contribution in [0.2, 0.25) is 5.02 Å². The van der Waals surface area contributed by atoms with Crippen LogP contribution < -0.4 is 5.32 Å². The molecule has 0 fully saturated rings. The minimum absolute atomic E-state index is 0.276. The van der Waals surface area contributed by atoms with Crippen molar-refractivity contribution in [2.75, 3.05) is 6.54 Å². The lowest BCUT2D eigenvalue weighted by atomic mass is 10.0. The standard InChI is InChI=1S/C17H20ClN/c1-13-7-3-4-8-15(13)11-12-19-14(2)16-9-5-6-10-17(16)18/h3-10,14,19H,11-12H2,1-2H3. The van der Waals surface area contributed by atoms with Crippen LogP contribution in [0, 0.1) is 6.92 Å². The minimum Gasteiger partial charge on any atom is -0.310 e. The summed E-state index contributed by atoms with van der Waals surface area (Å²) in [5.74, 6) is 0. The molecule has 1 nitrogen and oxygen atoms in total. The van der Waals surface area contributed by atoms with Gasteiger partial charge in [0.15, 0.2) is 0 Å². The SMILES string of the molecule is Cc1ccccc1CCNC(C)c1ccccc1Cl. The van der Waals surface area contributed by atoms with Crippen LogP contribution in [-0.2, 0) is 6.42 Å². The molecule has 100 valence electrons. The lowest BCUT2D eigenvalue weighted by Crippen LogP contribution is -2.21. The van der Waals surface area contributed by atoms with Gasteiger partial charge in [0.05, 0.1) is 0 Å². The number of hydrogen-bond acceptors (Lipinski definition) is 1. The summed E-state index contributed by atoms with van der Waals surface area (Å²) in [6.45, 7) is 5.27. The van der Waals surface area contributed by atoms with Crippen LogP contribution >= 0.6 is 11.6 Å². The second kappa shape index (κ2) is 6.74. The van der Waals surface area contributed by atoms with Crippen LogP contribution in [0.25, 0.3) is 0 Å². The van der Waals surface area contributed by atoms with E-state index in [9.17, 15) is 0 Å². The molecule has 2 aromatic carbocycles. The van der Waals surface area contributed by atoms with Gasteiger partial charge < -0.3 is 5.32 Å². The van der Waals surface area contributed by atoms with E-state index in [1.54, 1.807) is 0 Å². The van der Waals surface area contributed by atoms with Crippen molar-refractivity contribution < 1.29 is 0 Å². The van der Waals surface area contributed by atoms with Crippen LogP contribution in [0.1, 0.15) is 29.7 Å². The molecule has 0 bridgehead atoms. The molecule has 19 heavy (non-hydrogen) atoms. The highest BCUT2D eigenvalue weighted by Crippen LogP contribution is 2.22. The second-order valence-electron chi connectivity index (χ2n) is 4.87. The van der Waals surface area contributed by atoms with E-state index in [0.717, 1.165) is 23.6 Å². The predicted molar refractivity (Wildman–Crippen MR) is 82.8 cm³/mol. The maximum Gasteiger partial charge on any atom is 0.0453 e. The summed E-state index contributed by atoms with van der Waals surface area (Å²) in [5.41, 5.74) is 3.92. The molecule has 2 heteroatoms. The Hall–Kier alpha value is -1.31. The first-order chi connectivity index (χ1) is 9.18. The van der Waals surface area contributed by atoms with Gasteiger partial charge in [0.2, 0.25) is 0 Å².